The highest BCUT2D eigenvalue weighted by Gasteiger charge is 2.25. The smallest absolute Gasteiger partial charge is 0.235 e. The van der Waals surface area contributed by atoms with Crippen LogP contribution < -0.4 is 4.74 Å². The van der Waals surface area contributed by atoms with Gasteiger partial charge in [-0.15, -0.1) is 0 Å². The quantitative estimate of drug-likeness (QED) is 0.137. The molecule has 0 radical (unpaired) electrons. The first-order chi connectivity index (χ1) is 30.7. The van der Waals surface area contributed by atoms with Gasteiger partial charge in [-0.1, -0.05) is 172 Å². The minimum Gasteiger partial charge on any atom is -0.487 e. The van der Waals surface area contributed by atoms with Gasteiger partial charge in [-0.3, -0.25) is 9.56 Å². The van der Waals surface area contributed by atoms with Crippen molar-refractivity contribution in [3.8, 4) is 51.0 Å². The predicted molar refractivity (Wildman–Crippen MR) is 258 cm³/mol. The van der Waals surface area contributed by atoms with Crippen molar-refractivity contribution in [2.75, 3.05) is 0 Å². The Labute approximate surface area is 360 Å². The van der Waals surface area contributed by atoms with Gasteiger partial charge in [-0.2, -0.15) is 0 Å². The Bertz CT molecular complexity index is 3330. The van der Waals surface area contributed by atoms with Crippen LogP contribution in [0.15, 0.2) is 205 Å². The predicted octanol–water partition coefficient (Wildman–Crippen LogP) is 14.6. The van der Waals surface area contributed by atoms with Crippen LogP contribution in [-0.2, 0) is 6.61 Å². The molecule has 11 rings (SSSR count). The normalized spacial score (nSPS) is 11.2. The number of benzene rings is 8. The second-order valence-corrected chi connectivity index (χ2v) is 14.9. The SMILES string of the molecule is C=Nc1c(OCc2ccccc2)ccc2c1c1cccc(-n3c4ccccc4c4ccccc43)c1n2-c1nc(-c2ccccc2)cc(-c2cccc(-c3ccccc3)c2)n1.CC. The van der Waals surface area contributed by atoms with Gasteiger partial charge in [0.1, 0.15) is 18.0 Å². The third kappa shape index (κ3) is 6.68. The molecule has 0 aliphatic rings. The van der Waals surface area contributed by atoms with E-state index in [-0.39, 0.29) is 0 Å². The van der Waals surface area contributed by atoms with Crippen molar-refractivity contribution in [2.24, 2.45) is 4.99 Å². The van der Waals surface area contributed by atoms with Gasteiger partial charge in [0.15, 0.2) is 0 Å². The van der Waals surface area contributed by atoms with Gasteiger partial charge in [0, 0.05) is 32.7 Å². The molecular weight excluding hydrogens is 759 g/mol. The van der Waals surface area contributed by atoms with Gasteiger partial charge in [0.05, 0.1) is 39.1 Å². The fraction of sp³-hybridized carbons (Fsp3) is 0.0536. The number of aromatic nitrogens is 4. The van der Waals surface area contributed by atoms with Gasteiger partial charge in [-0.25, -0.2) is 9.97 Å². The van der Waals surface area contributed by atoms with Crippen LogP contribution in [0.3, 0.4) is 0 Å². The van der Waals surface area contributed by atoms with E-state index in [1.807, 2.05) is 62.4 Å². The maximum Gasteiger partial charge on any atom is 0.235 e. The van der Waals surface area contributed by atoms with E-state index >= 15 is 0 Å². The number of aliphatic imine (C=N–C) groups is 1. The minimum atomic E-state index is 0.397. The molecule has 8 aromatic carbocycles. The van der Waals surface area contributed by atoms with E-state index in [0.717, 1.165) is 77.7 Å². The molecule has 0 unspecified atom stereocenters. The van der Waals surface area contributed by atoms with Crippen LogP contribution in [0.2, 0.25) is 0 Å². The highest BCUT2D eigenvalue weighted by Crippen LogP contribution is 2.46. The van der Waals surface area contributed by atoms with Crippen LogP contribution >= 0.6 is 0 Å². The van der Waals surface area contributed by atoms with Crippen molar-refractivity contribution in [1.82, 2.24) is 19.1 Å². The van der Waals surface area contributed by atoms with Gasteiger partial charge < -0.3 is 9.30 Å². The molecule has 0 atom stereocenters. The van der Waals surface area contributed by atoms with Gasteiger partial charge in [-0.05, 0) is 65.9 Å². The number of ether oxygens (including phenoxy) is 1. The van der Waals surface area contributed by atoms with Crippen molar-refractivity contribution in [3.05, 3.63) is 206 Å². The summed E-state index contributed by atoms with van der Waals surface area (Å²) in [6.45, 7) is 8.50. The fourth-order valence-corrected chi connectivity index (χ4v) is 8.61. The van der Waals surface area contributed by atoms with E-state index < -0.39 is 0 Å². The van der Waals surface area contributed by atoms with Crippen LogP contribution in [0.25, 0.3) is 88.9 Å². The molecule has 0 saturated carbocycles. The second-order valence-electron chi connectivity index (χ2n) is 14.9. The van der Waals surface area contributed by atoms with Gasteiger partial charge in [0.25, 0.3) is 0 Å². The summed E-state index contributed by atoms with van der Waals surface area (Å²) in [6, 6.07) is 69.4. The monoisotopic (exact) mass is 801 g/mol. The van der Waals surface area contributed by atoms with Crippen molar-refractivity contribution >= 4 is 56.0 Å². The highest BCUT2D eigenvalue weighted by atomic mass is 16.5. The van der Waals surface area contributed by atoms with E-state index in [4.69, 9.17) is 19.7 Å². The molecule has 3 aromatic heterocycles. The third-order valence-electron chi connectivity index (χ3n) is 11.3. The summed E-state index contributed by atoms with van der Waals surface area (Å²) in [5.41, 5.74) is 12.6. The van der Waals surface area contributed by atoms with Crippen LogP contribution in [0.4, 0.5) is 5.69 Å². The molecule has 6 heteroatoms. The van der Waals surface area contributed by atoms with Crippen LogP contribution in [0, 0.1) is 0 Å². The van der Waals surface area contributed by atoms with E-state index in [2.05, 4.69) is 168 Å². The lowest BCUT2D eigenvalue weighted by Gasteiger charge is -2.15. The summed E-state index contributed by atoms with van der Waals surface area (Å²) in [4.78, 5) is 15.6. The number of nitrogens with zero attached hydrogens (tertiary/aromatic N) is 5. The Kier molecular flexibility index (Phi) is 10.2. The number of fused-ring (bicyclic) bond motifs is 6. The molecule has 0 amide bonds. The molecule has 0 N–H and O–H groups in total. The lowest BCUT2D eigenvalue weighted by molar-refractivity contribution is 0.308. The van der Waals surface area contributed by atoms with Gasteiger partial charge >= 0.3 is 0 Å². The standard InChI is InChI=1S/C54H37N5O.C2H6/c1-55-52-50(60-35-36-17-5-2-6-18-36)32-31-48-51(52)43-27-16-30-49(58-46-28-13-11-25-41(46)42-26-12-14-29-47(42)58)53(43)59(48)54-56-44(38-21-9-4-10-22-38)34-45(57-54)40-24-15-23-39(33-40)37-19-7-3-8-20-37;1-2/h2-34H,1,35H2;1-2H3. The molecule has 0 spiro atoms. The summed E-state index contributed by atoms with van der Waals surface area (Å²) in [5, 5.41) is 4.26. The summed E-state index contributed by atoms with van der Waals surface area (Å²) in [7, 11) is 0. The van der Waals surface area contributed by atoms with E-state index in [0.29, 0.717) is 24.0 Å². The van der Waals surface area contributed by atoms with Crippen LogP contribution in [-0.4, -0.2) is 25.8 Å². The molecule has 11 aromatic rings. The number of para-hydroxylation sites is 3. The maximum absolute atomic E-state index is 6.53. The third-order valence-corrected chi connectivity index (χ3v) is 11.3. The summed E-state index contributed by atoms with van der Waals surface area (Å²) in [5.74, 6) is 1.19. The summed E-state index contributed by atoms with van der Waals surface area (Å²) >= 11 is 0. The fourth-order valence-electron chi connectivity index (χ4n) is 8.61. The largest absolute Gasteiger partial charge is 0.487 e. The molecule has 298 valence electrons. The lowest BCUT2D eigenvalue weighted by atomic mass is 10.0. The molecule has 0 bridgehead atoms. The summed E-state index contributed by atoms with van der Waals surface area (Å²) in [6.07, 6.45) is 0. The van der Waals surface area contributed by atoms with E-state index in [1.165, 1.54) is 10.8 Å². The average Bonchev–Trinajstić information content (AvgIpc) is 3.88. The first-order valence-electron chi connectivity index (χ1n) is 21.1. The second kappa shape index (κ2) is 16.5. The Balaban J connectivity index is 0.00000226. The summed E-state index contributed by atoms with van der Waals surface area (Å²) < 4.78 is 11.1. The van der Waals surface area contributed by atoms with Crippen molar-refractivity contribution in [2.45, 2.75) is 20.5 Å². The Morgan fingerprint density at radius 2 is 1.03 bits per heavy atom. The maximum atomic E-state index is 6.53. The Hall–Kier alpha value is -8.09. The lowest BCUT2D eigenvalue weighted by Crippen LogP contribution is -2.06. The zero-order chi connectivity index (χ0) is 42.0. The Morgan fingerprint density at radius 1 is 0.484 bits per heavy atom. The molecule has 62 heavy (non-hydrogen) atoms. The van der Waals surface area contributed by atoms with Crippen LogP contribution in [0.5, 0.6) is 5.75 Å². The Morgan fingerprint density at radius 3 is 1.71 bits per heavy atom. The molecule has 6 nitrogen and oxygen atoms in total. The van der Waals surface area contributed by atoms with Gasteiger partial charge in [0.2, 0.25) is 5.95 Å². The van der Waals surface area contributed by atoms with E-state index in [1.54, 1.807) is 0 Å². The average molecular weight is 802 g/mol. The van der Waals surface area contributed by atoms with E-state index in [9.17, 15) is 0 Å². The molecular formula is C56H43N5O. The molecule has 0 saturated heterocycles. The first kappa shape index (κ1) is 38.1. The van der Waals surface area contributed by atoms with Crippen LogP contribution in [0.1, 0.15) is 19.4 Å². The molecule has 3 heterocycles. The number of hydrogen-bond donors (Lipinski definition) is 0. The number of rotatable bonds is 9. The van der Waals surface area contributed by atoms with Crippen molar-refractivity contribution in [3.63, 3.8) is 0 Å². The van der Waals surface area contributed by atoms with Crippen molar-refractivity contribution in [1.29, 1.82) is 0 Å². The number of hydrogen-bond acceptors (Lipinski definition) is 4. The molecule has 0 aliphatic heterocycles. The topological polar surface area (TPSA) is 57.2 Å². The van der Waals surface area contributed by atoms with Crippen molar-refractivity contribution < 1.29 is 4.74 Å². The zero-order valence-electron chi connectivity index (χ0n) is 34.6. The molecule has 0 aliphatic carbocycles. The molecule has 0 fully saturated rings. The minimum absolute atomic E-state index is 0.397. The zero-order valence-corrected chi connectivity index (χ0v) is 34.6. The highest BCUT2D eigenvalue weighted by molar-refractivity contribution is 6.19. The first-order valence-corrected chi connectivity index (χ1v) is 21.1.